The second-order valence-corrected chi connectivity index (χ2v) is 6.37. The summed E-state index contributed by atoms with van der Waals surface area (Å²) in [6.45, 7) is 2.12. The molecule has 1 aromatic carbocycles. The van der Waals surface area contributed by atoms with Gasteiger partial charge in [0.15, 0.2) is 0 Å². The van der Waals surface area contributed by atoms with Gasteiger partial charge in [0.05, 0.1) is 16.6 Å². The van der Waals surface area contributed by atoms with Crippen molar-refractivity contribution in [2.45, 2.75) is 38.6 Å². The molecule has 0 aliphatic heterocycles. The molecule has 0 radical (unpaired) electrons. The Bertz CT molecular complexity index is 608. The van der Waals surface area contributed by atoms with Crippen LogP contribution in [0, 0.1) is 39.2 Å². The average molecular weight is 285 g/mol. The third-order valence-corrected chi connectivity index (χ3v) is 5.14. The van der Waals surface area contributed by atoms with E-state index in [2.05, 4.69) is 12.2 Å². The van der Waals surface area contributed by atoms with Crippen LogP contribution >= 0.6 is 0 Å². The number of nitriles is 1. The molecule has 5 nitrogen and oxygen atoms in total. The summed E-state index contributed by atoms with van der Waals surface area (Å²) in [4.78, 5) is 10.8. The van der Waals surface area contributed by atoms with Crippen LogP contribution in [0.5, 0.6) is 0 Å². The molecule has 21 heavy (non-hydrogen) atoms. The van der Waals surface area contributed by atoms with Gasteiger partial charge in [0, 0.05) is 12.1 Å². The van der Waals surface area contributed by atoms with Crippen LogP contribution in [0.25, 0.3) is 0 Å². The minimum absolute atomic E-state index is 0.0101. The molecule has 3 rings (SSSR count). The zero-order chi connectivity index (χ0) is 15.0. The Kier molecular flexibility index (Phi) is 3.54. The lowest BCUT2D eigenvalue weighted by atomic mass is 9.84. The first-order chi connectivity index (χ1) is 10.1. The van der Waals surface area contributed by atoms with Crippen molar-refractivity contribution in [1.29, 1.82) is 5.26 Å². The Morgan fingerprint density at radius 3 is 2.81 bits per heavy atom. The van der Waals surface area contributed by atoms with Crippen molar-refractivity contribution in [3.63, 3.8) is 0 Å². The van der Waals surface area contributed by atoms with Gasteiger partial charge >= 0.3 is 0 Å². The van der Waals surface area contributed by atoms with E-state index in [1.54, 1.807) is 12.1 Å². The molecule has 5 heteroatoms. The van der Waals surface area contributed by atoms with Gasteiger partial charge in [0.1, 0.15) is 5.69 Å². The number of hydrogen-bond donors (Lipinski definition) is 1. The molecule has 0 saturated heterocycles. The number of benzene rings is 1. The number of anilines is 1. The molecule has 4 atom stereocenters. The van der Waals surface area contributed by atoms with Gasteiger partial charge in [-0.25, -0.2) is 0 Å². The molecule has 2 saturated carbocycles. The lowest BCUT2D eigenvalue weighted by Crippen LogP contribution is -2.30. The van der Waals surface area contributed by atoms with Crippen molar-refractivity contribution in [1.82, 2.24) is 0 Å². The van der Waals surface area contributed by atoms with Gasteiger partial charge in [-0.05, 0) is 56.1 Å². The highest BCUT2D eigenvalue weighted by atomic mass is 16.6. The maximum absolute atomic E-state index is 11.2. The SMILES string of the molecule is CC(Nc1ccc(C#N)cc1[N+](=O)[O-])C1CC2CCC1C2. The average Bonchev–Trinajstić information content (AvgIpc) is 3.10. The molecule has 2 fully saturated rings. The van der Waals surface area contributed by atoms with Crippen molar-refractivity contribution >= 4 is 11.4 Å². The van der Waals surface area contributed by atoms with Gasteiger partial charge in [-0.1, -0.05) is 6.42 Å². The summed E-state index contributed by atoms with van der Waals surface area (Å²) in [5.74, 6) is 2.24. The molecule has 0 amide bonds. The van der Waals surface area contributed by atoms with Crippen LogP contribution in [0.3, 0.4) is 0 Å². The van der Waals surface area contributed by atoms with Crippen LogP contribution in [0.15, 0.2) is 18.2 Å². The minimum atomic E-state index is -0.420. The summed E-state index contributed by atoms with van der Waals surface area (Å²) in [7, 11) is 0. The minimum Gasteiger partial charge on any atom is -0.377 e. The van der Waals surface area contributed by atoms with E-state index >= 15 is 0 Å². The van der Waals surface area contributed by atoms with Gasteiger partial charge in [0.25, 0.3) is 5.69 Å². The van der Waals surface area contributed by atoms with E-state index < -0.39 is 4.92 Å². The topological polar surface area (TPSA) is 79.0 Å². The number of fused-ring (bicyclic) bond motifs is 2. The highest BCUT2D eigenvalue weighted by Gasteiger charge is 2.42. The smallest absolute Gasteiger partial charge is 0.293 e. The zero-order valence-corrected chi connectivity index (χ0v) is 12.1. The molecule has 1 aromatic rings. The number of nitrogens with one attached hydrogen (secondary N) is 1. The van der Waals surface area contributed by atoms with Gasteiger partial charge in [-0.3, -0.25) is 10.1 Å². The standard InChI is InChI=1S/C16H19N3O2/c1-10(14-7-11-2-4-13(14)6-11)18-15-5-3-12(9-17)8-16(15)19(20)21/h3,5,8,10-11,13-14,18H,2,4,6-7H2,1H3. The highest BCUT2D eigenvalue weighted by Crippen LogP contribution is 2.50. The Morgan fingerprint density at radius 2 is 2.24 bits per heavy atom. The Labute approximate surface area is 124 Å². The van der Waals surface area contributed by atoms with Crippen LogP contribution in [0.2, 0.25) is 0 Å². The first-order valence-electron chi connectivity index (χ1n) is 7.53. The number of nitro groups is 1. The molecule has 110 valence electrons. The van der Waals surface area contributed by atoms with Gasteiger partial charge < -0.3 is 5.32 Å². The monoisotopic (exact) mass is 285 g/mol. The maximum Gasteiger partial charge on any atom is 0.293 e. The van der Waals surface area contributed by atoms with Crippen LogP contribution in [-0.4, -0.2) is 11.0 Å². The summed E-state index contributed by atoms with van der Waals surface area (Å²) in [6, 6.07) is 6.80. The summed E-state index contributed by atoms with van der Waals surface area (Å²) >= 11 is 0. The predicted octanol–water partition coefficient (Wildman–Crippen LogP) is 3.70. The largest absolute Gasteiger partial charge is 0.377 e. The first kappa shape index (κ1) is 13.9. The summed E-state index contributed by atoms with van der Waals surface area (Å²) < 4.78 is 0. The maximum atomic E-state index is 11.2. The molecule has 0 spiro atoms. The van der Waals surface area contributed by atoms with Gasteiger partial charge in [-0.2, -0.15) is 5.26 Å². The van der Waals surface area contributed by atoms with Crippen molar-refractivity contribution < 1.29 is 4.92 Å². The van der Waals surface area contributed by atoms with Crippen molar-refractivity contribution in [2.75, 3.05) is 5.32 Å². The van der Waals surface area contributed by atoms with E-state index in [0.29, 0.717) is 17.2 Å². The number of nitro benzene ring substituents is 1. The lowest BCUT2D eigenvalue weighted by molar-refractivity contribution is -0.384. The fourth-order valence-electron chi connectivity index (χ4n) is 4.13. The normalized spacial score (nSPS) is 28.1. The Balaban J connectivity index is 1.78. The molecule has 1 N–H and O–H groups in total. The predicted molar refractivity (Wildman–Crippen MR) is 79.8 cm³/mol. The second-order valence-electron chi connectivity index (χ2n) is 6.37. The molecule has 0 heterocycles. The number of hydrogen-bond acceptors (Lipinski definition) is 4. The molecule has 2 aliphatic carbocycles. The van der Waals surface area contributed by atoms with Crippen molar-refractivity contribution in [3.05, 3.63) is 33.9 Å². The summed E-state index contributed by atoms with van der Waals surface area (Å²) in [6.07, 6.45) is 5.22. The summed E-state index contributed by atoms with van der Waals surface area (Å²) in [5.41, 5.74) is 0.832. The molecule has 4 unspecified atom stereocenters. The number of nitrogens with zero attached hydrogens (tertiary/aromatic N) is 2. The second kappa shape index (κ2) is 5.36. The molecular weight excluding hydrogens is 266 g/mol. The van der Waals surface area contributed by atoms with E-state index in [4.69, 9.17) is 5.26 Å². The van der Waals surface area contributed by atoms with E-state index in [-0.39, 0.29) is 11.7 Å². The Hall–Kier alpha value is -2.09. The fourth-order valence-corrected chi connectivity index (χ4v) is 4.13. The van der Waals surface area contributed by atoms with Crippen LogP contribution in [0.1, 0.15) is 38.2 Å². The highest BCUT2D eigenvalue weighted by molar-refractivity contribution is 5.64. The van der Waals surface area contributed by atoms with E-state index in [9.17, 15) is 10.1 Å². The third-order valence-electron chi connectivity index (χ3n) is 5.14. The lowest BCUT2D eigenvalue weighted by Gasteiger charge is -2.29. The molecular formula is C16H19N3O2. The molecule has 2 aliphatic rings. The zero-order valence-electron chi connectivity index (χ0n) is 12.1. The molecule has 0 aromatic heterocycles. The first-order valence-corrected chi connectivity index (χ1v) is 7.53. The van der Waals surface area contributed by atoms with Crippen LogP contribution in [0.4, 0.5) is 11.4 Å². The van der Waals surface area contributed by atoms with Crippen molar-refractivity contribution in [2.24, 2.45) is 17.8 Å². The fraction of sp³-hybridized carbons (Fsp3) is 0.562. The van der Waals surface area contributed by atoms with Crippen LogP contribution in [-0.2, 0) is 0 Å². The quantitative estimate of drug-likeness (QED) is 0.675. The summed E-state index contributed by atoms with van der Waals surface area (Å²) in [5, 5.41) is 23.4. The molecule has 2 bridgehead atoms. The van der Waals surface area contributed by atoms with E-state index in [1.165, 1.54) is 31.7 Å². The van der Waals surface area contributed by atoms with Crippen molar-refractivity contribution in [3.8, 4) is 6.07 Å². The third kappa shape index (κ3) is 2.58. The number of rotatable bonds is 4. The Morgan fingerprint density at radius 1 is 1.43 bits per heavy atom. The van der Waals surface area contributed by atoms with Gasteiger partial charge in [0.2, 0.25) is 0 Å². The van der Waals surface area contributed by atoms with Gasteiger partial charge in [-0.15, -0.1) is 0 Å². The van der Waals surface area contributed by atoms with Crippen LogP contribution < -0.4 is 5.32 Å². The van der Waals surface area contributed by atoms with E-state index in [1.807, 2.05) is 6.07 Å². The van der Waals surface area contributed by atoms with E-state index in [0.717, 1.165) is 11.8 Å².